The number of ether oxygens (including phenoxy) is 2. The van der Waals surface area contributed by atoms with Gasteiger partial charge < -0.3 is 9.47 Å². The van der Waals surface area contributed by atoms with Gasteiger partial charge in [0, 0.05) is 12.0 Å². The van der Waals surface area contributed by atoms with E-state index in [9.17, 15) is 4.79 Å². The van der Waals surface area contributed by atoms with E-state index in [1.165, 1.54) is 24.0 Å². The van der Waals surface area contributed by atoms with E-state index < -0.39 is 0 Å². The first-order valence-corrected chi connectivity index (χ1v) is 9.24. The largest absolute Gasteiger partial charge is 0.497 e. The number of carbonyl (C=O) groups excluding carboxylic acids is 1. The van der Waals surface area contributed by atoms with Crippen LogP contribution < -0.4 is 4.74 Å². The number of fused-ring (bicyclic) bond motifs is 2. The average Bonchev–Trinajstić information content (AvgIpc) is 2.88. The van der Waals surface area contributed by atoms with Gasteiger partial charge in [-0.25, -0.2) is 4.79 Å². The van der Waals surface area contributed by atoms with Gasteiger partial charge in [-0.1, -0.05) is 31.2 Å². The summed E-state index contributed by atoms with van der Waals surface area (Å²) in [5.41, 5.74) is 4.82. The molecule has 3 nitrogen and oxygen atoms in total. The fourth-order valence-corrected chi connectivity index (χ4v) is 4.99. The van der Waals surface area contributed by atoms with Crippen LogP contribution in [0.2, 0.25) is 0 Å². The lowest BCUT2D eigenvalue weighted by Gasteiger charge is -2.48. The van der Waals surface area contributed by atoms with Crippen molar-refractivity contribution in [3.63, 3.8) is 0 Å². The molecule has 0 unspecified atom stereocenters. The molecule has 0 amide bonds. The van der Waals surface area contributed by atoms with E-state index in [-0.39, 0.29) is 17.5 Å². The third-order valence-corrected chi connectivity index (χ3v) is 6.47. The van der Waals surface area contributed by atoms with E-state index in [0.717, 1.165) is 36.1 Å². The number of allylic oxidation sites excluding steroid dienone is 1. The molecule has 1 aromatic rings. The zero-order chi connectivity index (χ0) is 17.6. The van der Waals surface area contributed by atoms with Gasteiger partial charge in [0.05, 0.1) is 7.11 Å². The van der Waals surface area contributed by atoms with Crippen molar-refractivity contribution < 1.29 is 14.3 Å². The summed E-state index contributed by atoms with van der Waals surface area (Å²) in [6.07, 6.45) is 6.07. The maximum atomic E-state index is 12.5. The number of esters is 1. The molecular formula is C22H26O3. The maximum absolute atomic E-state index is 12.5. The van der Waals surface area contributed by atoms with Gasteiger partial charge in [0.1, 0.15) is 11.9 Å². The van der Waals surface area contributed by atoms with Gasteiger partial charge in [-0.2, -0.15) is 0 Å². The highest BCUT2D eigenvalue weighted by Gasteiger charge is 2.49. The first-order chi connectivity index (χ1) is 12.0. The van der Waals surface area contributed by atoms with E-state index in [2.05, 4.69) is 13.5 Å². The number of hydrogen-bond donors (Lipinski definition) is 0. The Kier molecular flexibility index (Phi) is 3.98. The van der Waals surface area contributed by atoms with Crippen LogP contribution in [0.25, 0.3) is 0 Å². The molecule has 3 heteroatoms. The van der Waals surface area contributed by atoms with Crippen LogP contribution in [0.5, 0.6) is 5.75 Å². The normalized spacial score (nSPS) is 31.4. The lowest BCUT2D eigenvalue weighted by atomic mass is 9.57. The zero-order valence-corrected chi connectivity index (χ0v) is 15.1. The third-order valence-electron chi connectivity index (χ3n) is 6.47. The highest BCUT2D eigenvalue weighted by molar-refractivity contribution is 5.93. The molecule has 0 saturated heterocycles. The second-order valence-corrected chi connectivity index (χ2v) is 8.05. The molecule has 0 aromatic heterocycles. The highest BCUT2D eigenvalue weighted by Crippen LogP contribution is 2.55. The number of methoxy groups -OCH3 is 1. The summed E-state index contributed by atoms with van der Waals surface area (Å²) in [6, 6.07) is 7.94. The van der Waals surface area contributed by atoms with Crippen LogP contribution in [-0.2, 0) is 16.0 Å². The molecule has 3 aliphatic rings. The Morgan fingerprint density at radius 3 is 2.80 bits per heavy atom. The van der Waals surface area contributed by atoms with Crippen molar-refractivity contribution in [2.75, 3.05) is 7.11 Å². The predicted molar refractivity (Wildman–Crippen MR) is 97.4 cm³/mol. The van der Waals surface area contributed by atoms with Crippen LogP contribution in [0, 0.1) is 11.3 Å². The van der Waals surface area contributed by atoms with Gasteiger partial charge in [-0.05, 0) is 66.7 Å². The Balaban J connectivity index is 1.62. The number of benzene rings is 1. The Bertz CT molecular complexity index is 743. The van der Waals surface area contributed by atoms with Crippen molar-refractivity contribution >= 4 is 5.97 Å². The van der Waals surface area contributed by atoms with Crippen molar-refractivity contribution in [1.29, 1.82) is 0 Å². The molecule has 1 aromatic carbocycles. The van der Waals surface area contributed by atoms with E-state index in [4.69, 9.17) is 9.47 Å². The second-order valence-electron chi connectivity index (χ2n) is 8.05. The first kappa shape index (κ1) is 16.4. The molecule has 3 atom stereocenters. The smallest absolute Gasteiger partial charge is 0.335 e. The van der Waals surface area contributed by atoms with Crippen LogP contribution in [0.4, 0.5) is 0 Å². The van der Waals surface area contributed by atoms with Gasteiger partial charge in [0.2, 0.25) is 0 Å². The molecule has 132 valence electrons. The van der Waals surface area contributed by atoms with Crippen molar-refractivity contribution in [3.8, 4) is 5.75 Å². The topological polar surface area (TPSA) is 35.5 Å². The summed E-state index contributed by atoms with van der Waals surface area (Å²) in [5.74, 6) is 1.21. The molecule has 4 rings (SSSR count). The monoisotopic (exact) mass is 338 g/mol. The van der Waals surface area contributed by atoms with Gasteiger partial charge in [0.25, 0.3) is 0 Å². The summed E-state index contributed by atoms with van der Waals surface area (Å²) in [6.45, 7) is 6.70. The molecule has 25 heavy (non-hydrogen) atoms. The van der Waals surface area contributed by atoms with Crippen LogP contribution >= 0.6 is 0 Å². The quantitative estimate of drug-likeness (QED) is 0.596. The van der Waals surface area contributed by atoms with Crippen LogP contribution in [-0.4, -0.2) is 19.2 Å². The minimum Gasteiger partial charge on any atom is -0.497 e. The Hall–Kier alpha value is -2.03. The molecular weight excluding hydrogens is 312 g/mol. The van der Waals surface area contributed by atoms with Gasteiger partial charge >= 0.3 is 5.97 Å². The van der Waals surface area contributed by atoms with Crippen LogP contribution in [0.1, 0.15) is 44.6 Å². The molecule has 2 aliphatic carbocycles. The lowest BCUT2D eigenvalue weighted by molar-refractivity contribution is -0.142. The number of carbonyl (C=O) groups is 1. The third kappa shape index (κ3) is 2.80. The first-order valence-electron chi connectivity index (χ1n) is 9.24. The Morgan fingerprint density at radius 2 is 2.08 bits per heavy atom. The minimum absolute atomic E-state index is 0.0205. The Labute approximate surface area is 149 Å². The van der Waals surface area contributed by atoms with Crippen molar-refractivity contribution in [3.05, 3.63) is 53.1 Å². The average molecular weight is 338 g/mol. The molecule has 2 saturated carbocycles. The van der Waals surface area contributed by atoms with E-state index in [1.807, 2.05) is 24.3 Å². The van der Waals surface area contributed by atoms with E-state index in [0.29, 0.717) is 12.3 Å². The summed E-state index contributed by atoms with van der Waals surface area (Å²) >= 11 is 0. The molecule has 0 radical (unpaired) electrons. The number of hydrogen-bond acceptors (Lipinski definition) is 3. The molecule has 2 fully saturated rings. The van der Waals surface area contributed by atoms with Crippen LogP contribution in [0.15, 0.2) is 47.6 Å². The SMILES string of the molecule is C=C1CCC[C@]2(C)C[C@H]3OC(=O)C(Cc4ccc(OC)cc4)=C3C[C@@H]12. The molecule has 1 aliphatic heterocycles. The highest BCUT2D eigenvalue weighted by atomic mass is 16.5. The molecule has 0 bridgehead atoms. The van der Waals surface area contributed by atoms with Crippen molar-refractivity contribution in [2.24, 2.45) is 11.3 Å². The molecule has 0 N–H and O–H groups in total. The predicted octanol–water partition coefficient (Wildman–Crippen LogP) is 4.62. The summed E-state index contributed by atoms with van der Waals surface area (Å²) in [5, 5.41) is 0. The minimum atomic E-state index is -0.122. The van der Waals surface area contributed by atoms with Crippen molar-refractivity contribution in [1.82, 2.24) is 0 Å². The molecule has 1 heterocycles. The number of rotatable bonds is 3. The Morgan fingerprint density at radius 1 is 1.32 bits per heavy atom. The maximum Gasteiger partial charge on any atom is 0.335 e. The molecule has 0 spiro atoms. The van der Waals surface area contributed by atoms with Crippen molar-refractivity contribution in [2.45, 2.75) is 51.6 Å². The van der Waals surface area contributed by atoms with E-state index >= 15 is 0 Å². The van der Waals surface area contributed by atoms with Gasteiger partial charge in [-0.3, -0.25) is 0 Å². The van der Waals surface area contributed by atoms with Gasteiger partial charge in [-0.15, -0.1) is 0 Å². The fraction of sp³-hybridized carbons (Fsp3) is 0.500. The van der Waals surface area contributed by atoms with Gasteiger partial charge in [0.15, 0.2) is 0 Å². The zero-order valence-electron chi connectivity index (χ0n) is 15.1. The second kappa shape index (κ2) is 6.05. The fourth-order valence-electron chi connectivity index (χ4n) is 4.99. The van der Waals surface area contributed by atoms with Crippen LogP contribution in [0.3, 0.4) is 0 Å². The lowest BCUT2D eigenvalue weighted by Crippen LogP contribution is -2.41. The summed E-state index contributed by atoms with van der Waals surface area (Å²) in [4.78, 5) is 12.5. The van der Waals surface area contributed by atoms with E-state index in [1.54, 1.807) is 7.11 Å². The summed E-state index contributed by atoms with van der Waals surface area (Å²) in [7, 11) is 1.66. The summed E-state index contributed by atoms with van der Waals surface area (Å²) < 4.78 is 11.0. The standard InChI is InChI=1S/C22H26O3/c1-14-5-4-10-22(2)13-20-17(12-19(14)22)18(21(23)25-20)11-15-6-8-16(24-3)9-7-15/h6-9,19-20H,1,4-5,10-13H2,2-3H3/t19-,20+,22+/m0/s1.